The minimum atomic E-state index is -0.0684. The van der Waals surface area contributed by atoms with E-state index < -0.39 is 0 Å². The summed E-state index contributed by atoms with van der Waals surface area (Å²) in [6, 6.07) is 9.52. The van der Waals surface area contributed by atoms with E-state index in [9.17, 15) is 9.59 Å². The Labute approximate surface area is 153 Å². The highest BCUT2D eigenvalue weighted by Gasteiger charge is 2.41. The van der Waals surface area contributed by atoms with E-state index in [1.807, 2.05) is 46.3 Å². The van der Waals surface area contributed by atoms with Crippen LogP contribution in [0.4, 0.5) is 0 Å². The molecular formula is C20H24N4O2. The van der Waals surface area contributed by atoms with Gasteiger partial charge in [0.2, 0.25) is 5.91 Å². The fraction of sp³-hybridized carbons (Fsp3) is 0.450. The molecule has 2 bridgehead atoms. The third-order valence-corrected chi connectivity index (χ3v) is 5.43. The van der Waals surface area contributed by atoms with Crippen LogP contribution in [0.2, 0.25) is 0 Å². The molecule has 0 aliphatic carbocycles. The average Bonchev–Trinajstić information content (AvgIpc) is 3.07. The largest absolute Gasteiger partial charge is 0.338 e. The summed E-state index contributed by atoms with van der Waals surface area (Å²) in [5, 5.41) is 4.27. The third kappa shape index (κ3) is 2.89. The summed E-state index contributed by atoms with van der Waals surface area (Å²) in [4.78, 5) is 29.9. The monoisotopic (exact) mass is 352 g/mol. The van der Waals surface area contributed by atoms with E-state index in [4.69, 9.17) is 0 Å². The molecule has 1 aromatic heterocycles. The summed E-state index contributed by atoms with van der Waals surface area (Å²) < 4.78 is 1.72. The number of para-hydroxylation sites is 1. The van der Waals surface area contributed by atoms with Gasteiger partial charge in [-0.15, -0.1) is 0 Å². The van der Waals surface area contributed by atoms with Crippen LogP contribution in [0.1, 0.15) is 36.5 Å². The first-order chi connectivity index (χ1) is 12.7. The number of aromatic nitrogens is 2. The second-order valence-electron chi connectivity index (χ2n) is 7.14. The van der Waals surface area contributed by atoms with E-state index in [2.05, 4.69) is 12.0 Å². The minimum absolute atomic E-state index is 0.0147. The van der Waals surface area contributed by atoms with Crippen LogP contribution in [0, 0.1) is 5.92 Å². The Morgan fingerprint density at radius 2 is 2.04 bits per heavy atom. The molecule has 6 nitrogen and oxygen atoms in total. The SMILES string of the molecule is CCCN1C(=O)[C@@H]2CC[C@H]1CN(C(=O)c1ccccc1-n1cccn1)C2. The number of carbonyl (C=O) groups excluding carboxylic acids is 2. The molecule has 2 aromatic rings. The molecule has 2 amide bonds. The molecule has 2 atom stereocenters. The van der Waals surface area contributed by atoms with Crippen molar-refractivity contribution < 1.29 is 9.59 Å². The van der Waals surface area contributed by atoms with Crippen LogP contribution >= 0.6 is 0 Å². The zero-order valence-corrected chi connectivity index (χ0v) is 15.0. The van der Waals surface area contributed by atoms with Crippen LogP contribution in [0.5, 0.6) is 0 Å². The Hall–Kier alpha value is -2.63. The Kier molecular flexibility index (Phi) is 4.49. The number of rotatable bonds is 4. The minimum Gasteiger partial charge on any atom is -0.338 e. The van der Waals surface area contributed by atoms with Gasteiger partial charge in [-0.3, -0.25) is 9.59 Å². The lowest BCUT2D eigenvalue weighted by Gasteiger charge is -2.35. The van der Waals surface area contributed by atoms with Crippen molar-refractivity contribution in [3.8, 4) is 5.69 Å². The molecule has 3 saturated heterocycles. The van der Waals surface area contributed by atoms with Gasteiger partial charge in [-0.1, -0.05) is 19.1 Å². The summed E-state index contributed by atoms with van der Waals surface area (Å²) in [6.07, 6.45) is 6.36. The van der Waals surface area contributed by atoms with Crippen LogP contribution in [0.25, 0.3) is 5.69 Å². The van der Waals surface area contributed by atoms with E-state index in [-0.39, 0.29) is 23.8 Å². The van der Waals surface area contributed by atoms with Crippen LogP contribution in [0.3, 0.4) is 0 Å². The number of piperidine rings is 1. The second kappa shape index (κ2) is 6.94. The zero-order chi connectivity index (χ0) is 18.1. The maximum Gasteiger partial charge on any atom is 0.256 e. The molecule has 3 aliphatic rings. The van der Waals surface area contributed by atoms with E-state index in [0.29, 0.717) is 18.7 Å². The highest BCUT2D eigenvalue weighted by Crippen LogP contribution is 2.30. The molecule has 0 N–H and O–H groups in total. The first-order valence-corrected chi connectivity index (χ1v) is 9.38. The van der Waals surface area contributed by atoms with E-state index in [1.165, 1.54) is 0 Å². The van der Waals surface area contributed by atoms with Crippen molar-refractivity contribution in [2.45, 2.75) is 32.2 Å². The van der Waals surface area contributed by atoms with Crippen molar-refractivity contribution in [3.05, 3.63) is 48.3 Å². The highest BCUT2D eigenvalue weighted by molar-refractivity contribution is 5.98. The number of amides is 2. The lowest BCUT2D eigenvalue weighted by atomic mass is 9.94. The zero-order valence-electron chi connectivity index (χ0n) is 15.0. The summed E-state index contributed by atoms with van der Waals surface area (Å²) in [5.41, 5.74) is 1.41. The predicted molar refractivity (Wildman–Crippen MR) is 98.0 cm³/mol. The Balaban J connectivity index is 1.63. The molecular weight excluding hydrogens is 328 g/mol. The summed E-state index contributed by atoms with van der Waals surface area (Å²) >= 11 is 0. The normalized spacial score (nSPS) is 22.6. The summed E-state index contributed by atoms with van der Waals surface area (Å²) in [5.74, 6) is 0.138. The molecule has 0 unspecified atom stereocenters. The number of nitrogens with zero attached hydrogens (tertiary/aromatic N) is 4. The van der Waals surface area contributed by atoms with Crippen molar-refractivity contribution in [2.75, 3.05) is 19.6 Å². The predicted octanol–water partition coefficient (Wildman–Crippen LogP) is 2.35. The molecule has 0 radical (unpaired) electrons. The third-order valence-electron chi connectivity index (χ3n) is 5.43. The average molecular weight is 352 g/mol. The van der Waals surface area contributed by atoms with E-state index in [0.717, 1.165) is 31.5 Å². The van der Waals surface area contributed by atoms with Gasteiger partial charge < -0.3 is 9.80 Å². The Morgan fingerprint density at radius 1 is 1.19 bits per heavy atom. The topological polar surface area (TPSA) is 58.4 Å². The first kappa shape index (κ1) is 16.8. The first-order valence-electron chi connectivity index (χ1n) is 9.38. The van der Waals surface area contributed by atoms with Crippen molar-refractivity contribution in [1.82, 2.24) is 19.6 Å². The van der Waals surface area contributed by atoms with Crippen molar-refractivity contribution in [2.24, 2.45) is 5.92 Å². The number of benzene rings is 1. The summed E-state index contributed by atoms with van der Waals surface area (Å²) in [6.45, 7) is 4.01. The lowest BCUT2D eigenvalue weighted by molar-refractivity contribution is -0.139. The second-order valence-corrected chi connectivity index (χ2v) is 7.14. The molecule has 1 aromatic carbocycles. The van der Waals surface area contributed by atoms with Gasteiger partial charge in [0.05, 0.1) is 17.2 Å². The Morgan fingerprint density at radius 3 is 2.81 bits per heavy atom. The van der Waals surface area contributed by atoms with Crippen molar-refractivity contribution >= 4 is 11.8 Å². The highest BCUT2D eigenvalue weighted by atomic mass is 16.2. The van der Waals surface area contributed by atoms with Crippen LogP contribution in [-0.2, 0) is 4.79 Å². The fourth-order valence-electron chi connectivity index (χ4n) is 4.18. The van der Waals surface area contributed by atoms with Crippen LogP contribution < -0.4 is 0 Å². The summed E-state index contributed by atoms with van der Waals surface area (Å²) in [7, 11) is 0. The molecule has 5 rings (SSSR count). The van der Waals surface area contributed by atoms with Crippen molar-refractivity contribution in [1.29, 1.82) is 0 Å². The van der Waals surface area contributed by atoms with Crippen molar-refractivity contribution in [3.63, 3.8) is 0 Å². The molecule has 0 saturated carbocycles. The Bertz CT molecular complexity index is 802. The van der Waals surface area contributed by atoms with Crippen LogP contribution in [0.15, 0.2) is 42.7 Å². The molecule has 6 heteroatoms. The number of hydrogen-bond acceptors (Lipinski definition) is 3. The van der Waals surface area contributed by atoms with Gasteiger partial charge >= 0.3 is 0 Å². The molecule has 3 fully saturated rings. The van der Waals surface area contributed by atoms with Gasteiger partial charge in [0.25, 0.3) is 5.91 Å². The quantitative estimate of drug-likeness (QED) is 0.849. The molecule has 3 aliphatic heterocycles. The van der Waals surface area contributed by atoms with Gasteiger partial charge in [-0.2, -0.15) is 5.10 Å². The lowest BCUT2D eigenvalue weighted by Crippen LogP contribution is -2.48. The van der Waals surface area contributed by atoms with Crippen LogP contribution in [-0.4, -0.2) is 57.1 Å². The number of carbonyl (C=O) groups is 2. The molecule has 4 heterocycles. The van der Waals surface area contributed by atoms with Gasteiger partial charge in [-0.25, -0.2) is 4.68 Å². The smallest absolute Gasteiger partial charge is 0.256 e. The standard InChI is InChI=1S/C20H24N4O2/c1-2-11-23-16-9-8-15(19(23)25)13-22(14-16)20(26)17-6-3-4-7-18(17)24-12-5-10-21-24/h3-7,10,12,15-16H,2,8-9,11,13-14H2,1H3/t15-,16+/m1/s1. The molecule has 136 valence electrons. The van der Waals surface area contributed by atoms with E-state index >= 15 is 0 Å². The fourth-order valence-corrected chi connectivity index (χ4v) is 4.18. The number of hydrogen-bond donors (Lipinski definition) is 0. The number of fused-ring (bicyclic) bond motifs is 4. The molecule has 26 heavy (non-hydrogen) atoms. The van der Waals surface area contributed by atoms with Gasteiger partial charge in [-0.05, 0) is 37.5 Å². The van der Waals surface area contributed by atoms with Gasteiger partial charge in [0.15, 0.2) is 0 Å². The maximum absolute atomic E-state index is 13.3. The van der Waals surface area contributed by atoms with Gasteiger partial charge in [0, 0.05) is 38.1 Å². The van der Waals surface area contributed by atoms with E-state index in [1.54, 1.807) is 10.9 Å². The van der Waals surface area contributed by atoms with Gasteiger partial charge in [0.1, 0.15) is 0 Å². The maximum atomic E-state index is 13.3. The molecule has 0 spiro atoms.